The Hall–Kier alpha value is -1.25. The van der Waals surface area contributed by atoms with Gasteiger partial charge in [-0.25, -0.2) is 22.7 Å². The summed E-state index contributed by atoms with van der Waals surface area (Å²) in [5.74, 6) is 1.00. The summed E-state index contributed by atoms with van der Waals surface area (Å²) in [5.41, 5.74) is 0.00434. The SMILES string of the molecule is COCC1CN(S(C)(=O)=O)CC12CCN(c1ncccn1)CC2. The number of hydrogen-bond acceptors (Lipinski definition) is 6. The maximum Gasteiger partial charge on any atom is 0.225 e. The average Bonchev–Trinajstić information content (AvgIpc) is 2.88. The van der Waals surface area contributed by atoms with Gasteiger partial charge in [-0.3, -0.25) is 0 Å². The van der Waals surface area contributed by atoms with Crippen molar-refractivity contribution in [2.75, 3.05) is 51.1 Å². The predicted octanol–water partition coefficient (Wildman–Crippen LogP) is 0.601. The lowest BCUT2D eigenvalue weighted by Crippen LogP contribution is -2.46. The maximum atomic E-state index is 11.9. The fraction of sp³-hybridized carbons (Fsp3) is 0.733. The van der Waals surface area contributed by atoms with Crippen LogP contribution in [0, 0.1) is 11.3 Å². The molecular weight excluding hydrogens is 316 g/mol. The van der Waals surface area contributed by atoms with Crippen molar-refractivity contribution >= 4 is 16.0 Å². The number of rotatable bonds is 4. The summed E-state index contributed by atoms with van der Waals surface area (Å²) in [6.45, 7) is 3.47. The van der Waals surface area contributed by atoms with Gasteiger partial charge in [-0.15, -0.1) is 0 Å². The third kappa shape index (κ3) is 3.34. The van der Waals surface area contributed by atoms with Crippen molar-refractivity contribution in [3.05, 3.63) is 18.5 Å². The zero-order chi connectivity index (χ0) is 16.5. The molecule has 1 aromatic rings. The molecule has 8 heteroatoms. The lowest BCUT2D eigenvalue weighted by atomic mass is 9.71. The van der Waals surface area contributed by atoms with Crippen LogP contribution in [0.15, 0.2) is 18.5 Å². The van der Waals surface area contributed by atoms with Gasteiger partial charge in [0.1, 0.15) is 0 Å². The van der Waals surface area contributed by atoms with Crippen molar-refractivity contribution in [2.24, 2.45) is 11.3 Å². The molecule has 2 saturated heterocycles. The van der Waals surface area contributed by atoms with Crippen LogP contribution < -0.4 is 4.90 Å². The van der Waals surface area contributed by atoms with Gasteiger partial charge in [0.2, 0.25) is 16.0 Å². The highest BCUT2D eigenvalue weighted by Gasteiger charge is 2.50. The topological polar surface area (TPSA) is 75.6 Å². The Kier molecular flexibility index (Phi) is 4.57. The Balaban J connectivity index is 1.74. The Bertz CT molecular complexity index is 629. The van der Waals surface area contributed by atoms with Crippen LogP contribution >= 0.6 is 0 Å². The van der Waals surface area contributed by atoms with E-state index in [1.165, 1.54) is 6.26 Å². The Morgan fingerprint density at radius 3 is 2.52 bits per heavy atom. The molecule has 0 amide bonds. The molecule has 1 unspecified atom stereocenters. The molecule has 1 atom stereocenters. The fourth-order valence-electron chi connectivity index (χ4n) is 3.84. The van der Waals surface area contributed by atoms with E-state index in [0.29, 0.717) is 19.7 Å². The molecule has 23 heavy (non-hydrogen) atoms. The minimum Gasteiger partial charge on any atom is -0.384 e. The van der Waals surface area contributed by atoms with E-state index in [2.05, 4.69) is 14.9 Å². The van der Waals surface area contributed by atoms with Gasteiger partial charge in [0.05, 0.1) is 12.9 Å². The summed E-state index contributed by atoms with van der Waals surface area (Å²) in [7, 11) is -1.47. The van der Waals surface area contributed by atoms with Crippen LogP contribution in [-0.4, -0.2) is 68.8 Å². The standard InChI is InChI=1S/C15H24N4O3S/c1-22-11-13-10-19(23(2,20)21)12-15(13)4-8-18(9-5-15)14-16-6-3-7-17-14/h3,6-7,13H,4-5,8-12H2,1-2H3. The van der Waals surface area contributed by atoms with Crippen LogP contribution in [-0.2, 0) is 14.8 Å². The Labute approximate surface area is 137 Å². The summed E-state index contributed by atoms with van der Waals surface area (Å²) in [5, 5.41) is 0. The van der Waals surface area contributed by atoms with Crippen molar-refractivity contribution in [1.82, 2.24) is 14.3 Å². The van der Waals surface area contributed by atoms with Crippen molar-refractivity contribution in [1.29, 1.82) is 0 Å². The molecule has 3 heterocycles. The number of ether oxygens (including phenoxy) is 1. The van der Waals surface area contributed by atoms with E-state index in [4.69, 9.17) is 4.74 Å². The van der Waals surface area contributed by atoms with Gasteiger partial charge >= 0.3 is 0 Å². The van der Waals surface area contributed by atoms with Crippen LogP contribution in [0.4, 0.5) is 5.95 Å². The lowest BCUT2D eigenvalue weighted by Gasteiger charge is -2.42. The molecule has 1 aromatic heterocycles. The highest BCUT2D eigenvalue weighted by molar-refractivity contribution is 7.88. The number of anilines is 1. The van der Waals surface area contributed by atoms with E-state index in [9.17, 15) is 8.42 Å². The molecule has 0 aliphatic carbocycles. The molecule has 1 spiro atoms. The van der Waals surface area contributed by atoms with Gasteiger partial charge in [0.15, 0.2) is 0 Å². The average molecular weight is 340 g/mol. The van der Waals surface area contributed by atoms with Gasteiger partial charge < -0.3 is 9.64 Å². The molecular formula is C15H24N4O3S. The summed E-state index contributed by atoms with van der Waals surface area (Å²) in [6, 6.07) is 1.81. The van der Waals surface area contributed by atoms with Gasteiger partial charge in [0, 0.05) is 51.6 Å². The zero-order valence-corrected chi connectivity index (χ0v) is 14.5. The smallest absolute Gasteiger partial charge is 0.225 e. The van der Waals surface area contributed by atoms with Crippen molar-refractivity contribution < 1.29 is 13.2 Å². The van der Waals surface area contributed by atoms with E-state index >= 15 is 0 Å². The second-order valence-corrected chi connectivity index (χ2v) is 8.59. The lowest BCUT2D eigenvalue weighted by molar-refractivity contribution is 0.0762. The first kappa shape index (κ1) is 16.6. The largest absolute Gasteiger partial charge is 0.384 e. The molecule has 0 radical (unpaired) electrons. The second kappa shape index (κ2) is 6.33. The molecule has 0 N–H and O–H groups in total. The molecule has 2 fully saturated rings. The molecule has 0 bridgehead atoms. The third-order valence-electron chi connectivity index (χ3n) is 5.21. The first-order valence-electron chi connectivity index (χ1n) is 7.91. The first-order chi connectivity index (χ1) is 10.9. The second-order valence-electron chi connectivity index (χ2n) is 6.61. The zero-order valence-electron chi connectivity index (χ0n) is 13.7. The minimum absolute atomic E-state index is 0.00434. The van der Waals surface area contributed by atoms with Crippen LogP contribution in [0.5, 0.6) is 0 Å². The number of nitrogens with zero attached hydrogens (tertiary/aromatic N) is 4. The number of aromatic nitrogens is 2. The van der Waals surface area contributed by atoms with Crippen LogP contribution in [0.2, 0.25) is 0 Å². The van der Waals surface area contributed by atoms with E-state index < -0.39 is 10.0 Å². The third-order valence-corrected chi connectivity index (χ3v) is 6.43. The summed E-state index contributed by atoms with van der Waals surface area (Å²) >= 11 is 0. The Morgan fingerprint density at radius 1 is 1.30 bits per heavy atom. The molecule has 0 saturated carbocycles. The number of sulfonamides is 1. The number of piperidine rings is 1. The summed E-state index contributed by atoms with van der Waals surface area (Å²) in [6.07, 6.45) is 6.67. The molecule has 0 aromatic carbocycles. The fourth-order valence-corrected chi connectivity index (χ4v) is 4.78. The Morgan fingerprint density at radius 2 is 1.96 bits per heavy atom. The predicted molar refractivity (Wildman–Crippen MR) is 87.7 cm³/mol. The van der Waals surface area contributed by atoms with Crippen LogP contribution in [0.3, 0.4) is 0 Å². The van der Waals surface area contributed by atoms with E-state index in [1.54, 1.807) is 23.8 Å². The summed E-state index contributed by atoms with van der Waals surface area (Å²) < 4.78 is 30.9. The highest BCUT2D eigenvalue weighted by Crippen LogP contribution is 2.45. The van der Waals surface area contributed by atoms with Gasteiger partial charge in [-0.05, 0) is 24.3 Å². The molecule has 3 rings (SSSR count). The monoisotopic (exact) mass is 340 g/mol. The molecule has 128 valence electrons. The van der Waals surface area contributed by atoms with Crippen molar-refractivity contribution in [3.63, 3.8) is 0 Å². The van der Waals surface area contributed by atoms with E-state index in [0.717, 1.165) is 31.9 Å². The minimum atomic E-state index is -3.16. The highest BCUT2D eigenvalue weighted by atomic mass is 32.2. The van der Waals surface area contributed by atoms with Gasteiger partial charge in [-0.2, -0.15) is 0 Å². The van der Waals surface area contributed by atoms with Crippen molar-refractivity contribution in [2.45, 2.75) is 12.8 Å². The molecule has 2 aliphatic heterocycles. The first-order valence-corrected chi connectivity index (χ1v) is 9.75. The summed E-state index contributed by atoms with van der Waals surface area (Å²) in [4.78, 5) is 10.8. The quantitative estimate of drug-likeness (QED) is 0.799. The molecule has 2 aliphatic rings. The van der Waals surface area contributed by atoms with E-state index in [-0.39, 0.29) is 11.3 Å². The van der Waals surface area contributed by atoms with Crippen molar-refractivity contribution in [3.8, 4) is 0 Å². The normalized spacial score (nSPS) is 25.1. The maximum absolute atomic E-state index is 11.9. The van der Waals surface area contributed by atoms with Gasteiger partial charge in [0.25, 0.3) is 0 Å². The van der Waals surface area contributed by atoms with Crippen LogP contribution in [0.25, 0.3) is 0 Å². The number of hydrogen-bond donors (Lipinski definition) is 0. The van der Waals surface area contributed by atoms with Gasteiger partial charge in [-0.1, -0.05) is 0 Å². The van der Waals surface area contributed by atoms with E-state index in [1.807, 2.05) is 6.07 Å². The molecule has 7 nitrogen and oxygen atoms in total. The number of methoxy groups -OCH3 is 1. The van der Waals surface area contributed by atoms with Crippen LogP contribution in [0.1, 0.15) is 12.8 Å².